The Labute approximate surface area is 116 Å². The third-order valence-corrected chi connectivity index (χ3v) is 5.21. The van der Waals surface area contributed by atoms with E-state index in [4.69, 9.17) is 9.47 Å². The van der Waals surface area contributed by atoms with Crippen LogP contribution in [0.15, 0.2) is 0 Å². The fourth-order valence-electron chi connectivity index (χ4n) is 1.85. The SMILES string of the molecule is COC1(CNS(=O)(=O)C(C)CNC(C)C)CCOC1. The standard InChI is InChI=1S/C12H26N2O4S/c1-10(2)13-7-11(3)19(15,16)14-8-12(17-4)5-6-18-9-12/h10-11,13-14H,5-9H2,1-4H3. The van der Waals surface area contributed by atoms with Crippen LogP contribution in [-0.2, 0) is 19.5 Å². The minimum Gasteiger partial charge on any atom is -0.378 e. The number of rotatable bonds is 8. The van der Waals surface area contributed by atoms with Crippen LogP contribution in [0.25, 0.3) is 0 Å². The molecule has 0 spiro atoms. The first-order chi connectivity index (χ1) is 8.81. The van der Waals surface area contributed by atoms with Crippen molar-refractivity contribution in [3.8, 4) is 0 Å². The molecule has 0 radical (unpaired) electrons. The second-order valence-electron chi connectivity index (χ2n) is 5.43. The molecule has 0 aromatic rings. The highest BCUT2D eigenvalue weighted by Crippen LogP contribution is 2.21. The summed E-state index contributed by atoms with van der Waals surface area (Å²) in [7, 11) is -1.75. The van der Waals surface area contributed by atoms with Crippen molar-refractivity contribution in [1.82, 2.24) is 10.0 Å². The van der Waals surface area contributed by atoms with E-state index in [1.165, 1.54) is 0 Å². The van der Waals surface area contributed by atoms with E-state index in [0.29, 0.717) is 26.2 Å². The van der Waals surface area contributed by atoms with Crippen molar-refractivity contribution in [2.75, 3.05) is 33.4 Å². The Morgan fingerprint density at radius 1 is 1.37 bits per heavy atom. The summed E-state index contributed by atoms with van der Waals surface area (Å²) in [5.41, 5.74) is -0.516. The number of hydrogen-bond donors (Lipinski definition) is 2. The molecule has 6 nitrogen and oxygen atoms in total. The quantitative estimate of drug-likeness (QED) is 0.664. The summed E-state index contributed by atoms with van der Waals surface area (Å²) in [6.45, 7) is 7.42. The van der Waals surface area contributed by atoms with Crippen LogP contribution in [0.1, 0.15) is 27.2 Å². The van der Waals surface area contributed by atoms with Crippen LogP contribution < -0.4 is 10.0 Å². The Balaban J connectivity index is 2.49. The van der Waals surface area contributed by atoms with Crippen molar-refractivity contribution in [2.45, 2.75) is 44.1 Å². The maximum Gasteiger partial charge on any atom is 0.215 e. The molecule has 2 unspecified atom stereocenters. The average Bonchev–Trinajstić information content (AvgIpc) is 2.83. The van der Waals surface area contributed by atoms with Crippen molar-refractivity contribution in [1.29, 1.82) is 0 Å². The molecular weight excluding hydrogens is 268 g/mol. The maximum atomic E-state index is 12.1. The minimum absolute atomic E-state index is 0.262. The van der Waals surface area contributed by atoms with E-state index in [9.17, 15) is 8.42 Å². The molecule has 0 bridgehead atoms. The van der Waals surface area contributed by atoms with Gasteiger partial charge >= 0.3 is 0 Å². The van der Waals surface area contributed by atoms with Gasteiger partial charge in [-0.2, -0.15) is 0 Å². The van der Waals surface area contributed by atoms with Crippen LogP contribution >= 0.6 is 0 Å². The molecule has 0 amide bonds. The average molecular weight is 294 g/mol. The molecule has 2 atom stereocenters. The van der Waals surface area contributed by atoms with Gasteiger partial charge in [0.25, 0.3) is 0 Å². The van der Waals surface area contributed by atoms with Crippen LogP contribution in [-0.4, -0.2) is 58.7 Å². The van der Waals surface area contributed by atoms with E-state index < -0.39 is 20.9 Å². The second-order valence-corrected chi connectivity index (χ2v) is 7.61. The third-order valence-electron chi connectivity index (χ3n) is 3.44. The smallest absolute Gasteiger partial charge is 0.215 e. The molecule has 0 aromatic heterocycles. The van der Waals surface area contributed by atoms with Gasteiger partial charge in [-0.25, -0.2) is 13.1 Å². The van der Waals surface area contributed by atoms with Crippen LogP contribution in [0, 0.1) is 0 Å². The number of sulfonamides is 1. The molecule has 0 aliphatic carbocycles. The zero-order valence-electron chi connectivity index (χ0n) is 12.2. The summed E-state index contributed by atoms with van der Waals surface area (Å²) in [5, 5.41) is 2.65. The molecule has 1 aliphatic heterocycles. The van der Waals surface area contributed by atoms with E-state index in [1.54, 1.807) is 14.0 Å². The Morgan fingerprint density at radius 3 is 2.53 bits per heavy atom. The van der Waals surface area contributed by atoms with Gasteiger partial charge in [0.05, 0.1) is 11.9 Å². The van der Waals surface area contributed by atoms with Crippen LogP contribution in [0.4, 0.5) is 0 Å². The number of nitrogens with one attached hydrogen (secondary N) is 2. The molecule has 0 aromatic carbocycles. The highest BCUT2D eigenvalue weighted by atomic mass is 32.2. The molecule has 114 valence electrons. The second kappa shape index (κ2) is 6.99. The summed E-state index contributed by atoms with van der Waals surface area (Å²) in [6, 6.07) is 0.270. The van der Waals surface area contributed by atoms with E-state index >= 15 is 0 Å². The highest BCUT2D eigenvalue weighted by Gasteiger charge is 2.36. The van der Waals surface area contributed by atoms with E-state index in [2.05, 4.69) is 10.0 Å². The third kappa shape index (κ3) is 5.00. The molecule has 1 rings (SSSR count). The first-order valence-electron chi connectivity index (χ1n) is 6.66. The van der Waals surface area contributed by atoms with Crippen molar-refractivity contribution in [3.63, 3.8) is 0 Å². The molecule has 1 saturated heterocycles. The predicted octanol–water partition coefficient (Wildman–Crippen LogP) is 0.0978. The number of ether oxygens (including phenoxy) is 2. The molecule has 1 heterocycles. The fourth-order valence-corrected chi connectivity index (χ4v) is 2.91. The monoisotopic (exact) mass is 294 g/mol. The summed E-state index contributed by atoms with van der Waals surface area (Å²) < 4.78 is 37.6. The van der Waals surface area contributed by atoms with Gasteiger partial charge < -0.3 is 14.8 Å². The molecule has 0 saturated carbocycles. The Morgan fingerprint density at radius 2 is 2.05 bits per heavy atom. The highest BCUT2D eigenvalue weighted by molar-refractivity contribution is 7.90. The van der Waals surface area contributed by atoms with Crippen LogP contribution in [0.2, 0.25) is 0 Å². The number of hydrogen-bond acceptors (Lipinski definition) is 5. The normalized spacial score (nSPS) is 25.9. The lowest BCUT2D eigenvalue weighted by Crippen LogP contribution is -2.48. The minimum atomic E-state index is -3.34. The van der Waals surface area contributed by atoms with E-state index in [1.807, 2.05) is 13.8 Å². The maximum absolute atomic E-state index is 12.1. The van der Waals surface area contributed by atoms with Gasteiger partial charge in [0.2, 0.25) is 10.0 Å². The van der Waals surface area contributed by atoms with Crippen LogP contribution in [0.3, 0.4) is 0 Å². The van der Waals surface area contributed by atoms with Gasteiger partial charge in [-0.05, 0) is 6.92 Å². The summed E-state index contributed by atoms with van der Waals surface area (Å²) >= 11 is 0. The summed E-state index contributed by atoms with van der Waals surface area (Å²) in [5.74, 6) is 0. The van der Waals surface area contributed by atoms with Gasteiger partial charge in [0.1, 0.15) is 5.60 Å². The van der Waals surface area contributed by atoms with Crippen molar-refractivity contribution in [3.05, 3.63) is 0 Å². The first-order valence-corrected chi connectivity index (χ1v) is 8.21. The van der Waals surface area contributed by atoms with Gasteiger partial charge in [-0.1, -0.05) is 13.8 Å². The van der Waals surface area contributed by atoms with Gasteiger partial charge in [-0.3, -0.25) is 0 Å². The van der Waals surface area contributed by atoms with E-state index in [0.717, 1.165) is 0 Å². The van der Waals surface area contributed by atoms with Crippen molar-refractivity contribution in [2.24, 2.45) is 0 Å². The topological polar surface area (TPSA) is 76.7 Å². The Hall–Kier alpha value is -0.210. The van der Waals surface area contributed by atoms with Gasteiger partial charge in [0.15, 0.2) is 0 Å². The van der Waals surface area contributed by atoms with Crippen molar-refractivity contribution >= 4 is 10.0 Å². The lowest BCUT2D eigenvalue weighted by Gasteiger charge is -2.27. The van der Waals surface area contributed by atoms with Gasteiger partial charge in [-0.15, -0.1) is 0 Å². The summed E-state index contributed by atoms with van der Waals surface area (Å²) in [4.78, 5) is 0. The molecule has 1 fully saturated rings. The fraction of sp³-hybridized carbons (Fsp3) is 1.00. The molecule has 1 aliphatic rings. The largest absolute Gasteiger partial charge is 0.378 e. The Bertz CT molecular complexity index is 364. The van der Waals surface area contributed by atoms with Crippen LogP contribution in [0.5, 0.6) is 0 Å². The Kier molecular flexibility index (Phi) is 6.19. The molecule has 19 heavy (non-hydrogen) atoms. The zero-order valence-corrected chi connectivity index (χ0v) is 13.0. The lowest BCUT2D eigenvalue weighted by molar-refractivity contribution is -0.0121. The molecule has 2 N–H and O–H groups in total. The zero-order chi connectivity index (χ0) is 14.5. The van der Waals surface area contributed by atoms with Gasteiger partial charge in [0, 0.05) is 39.3 Å². The molecule has 7 heteroatoms. The predicted molar refractivity (Wildman–Crippen MR) is 74.7 cm³/mol. The van der Waals surface area contributed by atoms with E-state index in [-0.39, 0.29) is 12.6 Å². The lowest BCUT2D eigenvalue weighted by atomic mass is 10.0. The van der Waals surface area contributed by atoms with Crippen molar-refractivity contribution < 1.29 is 17.9 Å². The summed E-state index contributed by atoms with van der Waals surface area (Å²) in [6.07, 6.45) is 0.713. The number of methoxy groups -OCH3 is 1. The first kappa shape index (κ1) is 16.8. The molecular formula is C12H26N2O4S.